The van der Waals surface area contributed by atoms with Gasteiger partial charge in [0.1, 0.15) is 0 Å². The molecule has 2 rings (SSSR count). The van der Waals surface area contributed by atoms with Crippen molar-refractivity contribution in [3.63, 3.8) is 0 Å². The molecule has 0 aromatic rings. The molecule has 2 N–H and O–H groups in total. The van der Waals surface area contributed by atoms with Crippen molar-refractivity contribution in [1.29, 1.82) is 0 Å². The van der Waals surface area contributed by atoms with Crippen molar-refractivity contribution >= 4 is 5.91 Å². The molecule has 0 saturated heterocycles. The minimum Gasteiger partial charge on any atom is -0.396 e. The molecule has 3 nitrogen and oxygen atoms in total. The zero-order chi connectivity index (χ0) is 13.6. The molecule has 0 atom stereocenters. The van der Waals surface area contributed by atoms with Crippen LogP contribution in [0.2, 0.25) is 0 Å². The van der Waals surface area contributed by atoms with E-state index >= 15 is 0 Å². The van der Waals surface area contributed by atoms with Crippen LogP contribution in [0.4, 0.5) is 0 Å². The summed E-state index contributed by atoms with van der Waals surface area (Å²) >= 11 is 0. The van der Waals surface area contributed by atoms with Crippen LogP contribution in [-0.4, -0.2) is 24.2 Å². The molecule has 3 heteroatoms. The fourth-order valence-electron chi connectivity index (χ4n) is 3.70. The highest BCUT2D eigenvalue weighted by molar-refractivity contribution is 5.76. The first-order valence-electron chi connectivity index (χ1n) is 8.12. The first-order chi connectivity index (χ1) is 9.24. The minimum absolute atomic E-state index is 0.0148. The molecule has 2 aliphatic rings. The summed E-state index contributed by atoms with van der Waals surface area (Å²) in [6.45, 7) is 0.895. The number of carbonyl (C=O) groups is 1. The van der Waals surface area contributed by atoms with E-state index in [1.807, 2.05) is 0 Å². The van der Waals surface area contributed by atoms with Crippen molar-refractivity contribution in [2.75, 3.05) is 13.2 Å². The van der Waals surface area contributed by atoms with Crippen LogP contribution in [0.5, 0.6) is 0 Å². The Morgan fingerprint density at radius 2 is 1.68 bits per heavy atom. The third-order valence-corrected chi connectivity index (χ3v) is 5.11. The van der Waals surface area contributed by atoms with Gasteiger partial charge >= 0.3 is 0 Å². The Balaban J connectivity index is 1.71. The van der Waals surface area contributed by atoms with Crippen LogP contribution in [0.15, 0.2) is 0 Å². The first kappa shape index (κ1) is 14.8. The molecule has 0 unspecified atom stereocenters. The standard InChI is InChI=1S/C16H29NO2/c18-13-16(9-5-6-10-16)12-17-15(19)11-14-7-3-1-2-4-8-14/h14,18H,1-13H2,(H,17,19). The van der Waals surface area contributed by atoms with Gasteiger partial charge in [-0.15, -0.1) is 0 Å². The van der Waals surface area contributed by atoms with Crippen LogP contribution in [0, 0.1) is 11.3 Å². The normalized spacial score (nSPS) is 24.1. The third kappa shape index (κ3) is 4.48. The topological polar surface area (TPSA) is 49.3 Å². The molecule has 0 radical (unpaired) electrons. The molecule has 2 aliphatic carbocycles. The summed E-state index contributed by atoms with van der Waals surface area (Å²) < 4.78 is 0. The van der Waals surface area contributed by atoms with Gasteiger partial charge in [-0.1, -0.05) is 38.5 Å². The number of aliphatic hydroxyl groups excluding tert-OH is 1. The maximum absolute atomic E-state index is 12.0. The summed E-state index contributed by atoms with van der Waals surface area (Å²) in [5.74, 6) is 0.794. The summed E-state index contributed by atoms with van der Waals surface area (Å²) in [5, 5.41) is 12.6. The molecule has 0 heterocycles. The molecule has 0 spiro atoms. The maximum Gasteiger partial charge on any atom is 0.220 e. The van der Waals surface area contributed by atoms with Crippen LogP contribution in [0.25, 0.3) is 0 Å². The van der Waals surface area contributed by atoms with Crippen molar-refractivity contribution in [1.82, 2.24) is 5.32 Å². The molecule has 110 valence electrons. The van der Waals surface area contributed by atoms with Gasteiger partial charge in [0.25, 0.3) is 0 Å². The fourth-order valence-corrected chi connectivity index (χ4v) is 3.70. The summed E-state index contributed by atoms with van der Waals surface area (Å²) in [5.41, 5.74) is -0.0148. The highest BCUT2D eigenvalue weighted by Crippen LogP contribution is 2.37. The summed E-state index contributed by atoms with van der Waals surface area (Å²) in [6.07, 6.45) is 12.9. The second kappa shape index (κ2) is 7.28. The predicted molar refractivity (Wildman–Crippen MR) is 76.8 cm³/mol. The van der Waals surface area contributed by atoms with Gasteiger partial charge in [0.15, 0.2) is 0 Å². The second-order valence-electron chi connectivity index (χ2n) is 6.70. The number of nitrogens with one attached hydrogen (secondary N) is 1. The monoisotopic (exact) mass is 267 g/mol. The van der Waals surface area contributed by atoms with Gasteiger partial charge in [0.05, 0.1) is 6.61 Å². The summed E-state index contributed by atoms with van der Waals surface area (Å²) in [6, 6.07) is 0. The maximum atomic E-state index is 12.0. The summed E-state index contributed by atoms with van der Waals surface area (Å²) in [7, 11) is 0. The van der Waals surface area contributed by atoms with Gasteiger partial charge < -0.3 is 10.4 Å². The van der Waals surface area contributed by atoms with Crippen LogP contribution in [0.3, 0.4) is 0 Å². The zero-order valence-electron chi connectivity index (χ0n) is 12.1. The van der Waals surface area contributed by atoms with Gasteiger partial charge in [0.2, 0.25) is 5.91 Å². The van der Waals surface area contributed by atoms with E-state index in [1.54, 1.807) is 0 Å². The Labute approximate surface area is 117 Å². The minimum atomic E-state index is -0.0148. The lowest BCUT2D eigenvalue weighted by atomic mass is 9.87. The average molecular weight is 267 g/mol. The third-order valence-electron chi connectivity index (χ3n) is 5.11. The first-order valence-corrected chi connectivity index (χ1v) is 8.12. The van der Waals surface area contributed by atoms with E-state index in [0.717, 1.165) is 12.8 Å². The molecule has 0 aromatic heterocycles. The molecule has 0 bridgehead atoms. The van der Waals surface area contributed by atoms with Crippen molar-refractivity contribution < 1.29 is 9.90 Å². The fraction of sp³-hybridized carbons (Fsp3) is 0.938. The van der Waals surface area contributed by atoms with Crippen molar-refractivity contribution in [2.24, 2.45) is 11.3 Å². The number of amides is 1. The van der Waals surface area contributed by atoms with Crippen LogP contribution in [0.1, 0.15) is 70.6 Å². The molecular formula is C16H29NO2. The molecule has 0 aliphatic heterocycles. The van der Waals surface area contributed by atoms with E-state index in [1.165, 1.54) is 51.4 Å². The van der Waals surface area contributed by atoms with E-state index < -0.39 is 0 Å². The van der Waals surface area contributed by atoms with Crippen molar-refractivity contribution in [3.8, 4) is 0 Å². The van der Waals surface area contributed by atoms with Gasteiger partial charge in [-0.25, -0.2) is 0 Å². The van der Waals surface area contributed by atoms with E-state index in [0.29, 0.717) is 18.9 Å². The number of aliphatic hydroxyl groups is 1. The Hall–Kier alpha value is -0.570. The van der Waals surface area contributed by atoms with Gasteiger partial charge in [-0.05, 0) is 31.6 Å². The largest absolute Gasteiger partial charge is 0.396 e. The molecule has 2 saturated carbocycles. The lowest BCUT2D eigenvalue weighted by Crippen LogP contribution is -2.38. The van der Waals surface area contributed by atoms with Crippen molar-refractivity contribution in [2.45, 2.75) is 70.6 Å². The zero-order valence-corrected chi connectivity index (χ0v) is 12.1. The predicted octanol–water partition coefficient (Wildman–Crippen LogP) is 3.02. The lowest BCUT2D eigenvalue weighted by molar-refractivity contribution is -0.122. The smallest absolute Gasteiger partial charge is 0.220 e. The Morgan fingerprint density at radius 3 is 2.26 bits per heavy atom. The number of rotatable bonds is 5. The highest BCUT2D eigenvalue weighted by Gasteiger charge is 2.33. The average Bonchev–Trinajstić information content (AvgIpc) is 2.75. The van der Waals surface area contributed by atoms with Crippen molar-refractivity contribution in [3.05, 3.63) is 0 Å². The lowest BCUT2D eigenvalue weighted by Gasteiger charge is -2.27. The Morgan fingerprint density at radius 1 is 1.05 bits per heavy atom. The Kier molecular flexibility index (Phi) is 5.68. The number of hydrogen-bond acceptors (Lipinski definition) is 2. The van der Waals surface area contributed by atoms with Gasteiger partial charge in [-0.2, -0.15) is 0 Å². The quantitative estimate of drug-likeness (QED) is 0.752. The van der Waals surface area contributed by atoms with E-state index in [2.05, 4.69) is 5.32 Å². The van der Waals surface area contributed by atoms with Gasteiger partial charge in [-0.3, -0.25) is 4.79 Å². The number of carbonyl (C=O) groups excluding carboxylic acids is 1. The van der Waals surface area contributed by atoms with E-state index in [-0.39, 0.29) is 17.9 Å². The van der Waals surface area contributed by atoms with E-state index in [9.17, 15) is 9.90 Å². The molecule has 0 aromatic carbocycles. The highest BCUT2D eigenvalue weighted by atomic mass is 16.3. The SMILES string of the molecule is O=C(CC1CCCCCC1)NCC1(CO)CCCC1. The molecule has 2 fully saturated rings. The van der Waals surface area contributed by atoms with E-state index in [4.69, 9.17) is 0 Å². The number of hydrogen-bond donors (Lipinski definition) is 2. The van der Waals surface area contributed by atoms with Crippen LogP contribution < -0.4 is 5.32 Å². The second-order valence-corrected chi connectivity index (χ2v) is 6.70. The molecular weight excluding hydrogens is 238 g/mol. The van der Waals surface area contributed by atoms with Crippen LogP contribution in [-0.2, 0) is 4.79 Å². The summed E-state index contributed by atoms with van der Waals surface area (Å²) in [4.78, 5) is 12.0. The molecule has 19 heavy (non-hydrogen) atoms. The van der Waals surface area contributed by atoms with Crippen LogP contribution >= 0.6 is 0 Å². The van der Waals surface area contributed by atoms with Gasteiger partial charge in [0, 0.05) is 18.4 Å². The molecule has 1 amide bonds. The Bertz CT molecular complexity index is 276.